The number of carbonyl (C=O) groups excluding carboxylic acids is 3. The van der Waals surface area contributed by atoms with E-state index in [1.807, 2.05) is 84.9 Å². The second-order valence-corrected chi connectivity index (χ2v) is 14.8. The number of ether oxygens (including phenoxy) is 3. The number of amides is 2. The van der Waals surface area contributed by atoms with Crippen LogP contribution in [0.2, 0.25) is 10.0 Å². The van der Waals surface area contributed by atoms with Crippen LogP contribution in [0.1, 0.15) is 61.0 Å². The van der Waals surface area contributed by atoms with Crippen molar-refractivity contribution in [1.29, 1.82) is 0 Å². The minimum absolute atomic E-state index is 0.0578. The van der Waals surface area contributed by atoms with E-state index in [0.717, 1.165) is 33.5 Å². The molecular formula is C48H40Cl2N2O8. The van der Waals surface area contributed by atoms with Crippen molar-refractivity contribution >= 4 is 58.3 Å². The van der Waals surface area contributed by atoms with Crippen molar-refractivity contribution in [3.8, 4) is 11.5 Å². The Balaban J connectivity index is 0.000000182. The quantitative estimate of drug-likeness (QED) is 0.114. The van der Waals surface area contributed by atoms with E-state index in [-0.39, 0.29) is 30.6 Å². The molecular weight excluding hydrogens is 803 g/mol. The van der Waals surface area contributed by atoms with E-state index in [1.165, 1.54) is 0 Å². The molecule has 0 saturated heterocycles. The molecule has 6 aromatic carbocycles. The summed E-state index contributed by atoms with van der Waals surface area (Å²) < 4.78 is 16.9. The van der Waals surface area contributed by atoms with Gasteiger partial charge in [-0.15, -0.1) is 0 Å². The van der Waals surface area contributed by atoms with Crippen LogP contribution in [0.5, 0.6) is 11.5 Å². The molecule has 60 heavy (non-hydrogen) atoms. The molecule has 2 aliphatic heterocycles. The molecule has 0 unspecified atom stereocenters. The lowest BCUT2D eigenvalue weighted by Gasteiger charge is -2.16. The van der Waals surface area contributed by atoms with E-state index in [0.29, 0.717) is 76.8 Å². The first kappa shape index (κ1) is 41.5. The molecule has 0 atom stereocenters. The number of esters is 1. The zero-order chi connectivity index (χ0) is 42.2. The smallest absolute Gasteiger partial charge is 0.310 e. The Morgan fingerprint density at radius 3 is 1.38 bits per heavy atom. The zero-order valence-electron chi connectivity index (χ0n) is 32.6. The lowest BCUT2D eigenvalue weighted by molar-refractivity contribution is -0.142. The number of carboxylic acid groups (broad SMARTS) is 1. The van der Waals surface area contributed by atoms with Gasteiger partial charge in [0.25, 0.3) is 11.8 Å². The maximum Gasteiger partial charge on any atom is 0.310 e. The van der Waals surface area contributed by atoms with Gasteiger partial charge in [-0.3, -0.25) is 19.2 Å². The Morgan fingerprint density at radius 2 is 0.983 bits per heavy atom. The number of benzene rings is 6. The second-order valence-electron chi connectivity index (χ2n) is 14.0. The summed E-state index contributed by atoms with van der Waals surface area (Å²) in [4.78, 5) is 52.2. The maximum absolute atomic E-state index is 13.2. The Labute approximate surface area is 357 Å². The molecule has 0 saturated carbocycles. The van der Waals surface area contributed by atoms with E-state index < -0.39 is 5.97 Å². The number of anilines is 2. The van der Waals surface area contributed by atoms with Crippen molar-refractivity contribution in [3.63, 3.8) is 0 Å². The standard InChI is InChI=1S/C25H22ClNO4.C23H18ClNO4/c1-2-30-23(28)14-17-8-10-19(11-9-17)27-15-20-21(26)12-13-22(24(20)25(27)29)31-16-18-6-4-3-5-7-18;24-19-10-11-20(29-14-16-4-2-1-3-5-16)22-18(19)13-25(23(22)28)17-8-6-15(7-9-17)12-21(26)27/h3-13H,2,14-16H2,1H3;1-11H,12-14H2,(H,26,27). The van der Waals surface area contributed by atoms with Gasteiger partial charge in [-0.25, -0.2) is 0 Å². The number of fused-ring (bicyclic) bond motifs is 2. The average Bonchev–Trinajstić information content (AvgIpc) is 3.80. The topological polar surface area (TPSA) is 123 Å². The van der Waals surface area contributed by atoms with Crippen LogP contribution in [0.15, 0.2) is 133 Å². The molecule has 12 heteroatoms. The third-order valence-corrected chi connectivity index (χ3v) is 10.7. The zero-order valence-corrected chi connectivity index (χ0v) is 34.1. The van der Waals surface area contributed by atoms with Crippen molar-refractivity contribution in [1.82, 2.24) is 0 Å². The van der Waals surface area contributed by atoms with E-state index in [2.05, 4.69) is 0 Å². The summed E-state index contributed by atoms with van der Waals surface area (Å²) in [5, 5.41) is 9.97. The summed E-state index contributed by atoms with van der Waals surface area (Å²) in [6, 6.07) is 40.8. The van der Waals surface area contributed by atoms with Gasteiger partial charge < -0.3 is 29.1 Å². The Bertz CT molecular complexity index is 2510. The average molecular weight is 844 g/mol. The number of nitrogens with zero attached hydrogens (tertiary/aromatic N) is 2. The van der Waals surface area contributed by atoms with Crippen LogP contribution in [0, 0.1) is 0 Å². The predicted molar refractivity (Wildman–Crippen MR) is 230 cm³/mol. The highest BCUT2D eigenvalue weighted by Crippen LogP contribution is 2.40. The Hall–Kier alpha value is -6.62. The molecule has 2 amide bonds. The van der Waals surface area contributed by atoms with Gasteiger partial charge in [0.05, 0.1) is 43.7 Å². The molecule has 6 aromatic rings. The van der Waals surface area contributed by atoms with Gasteiger partial charge in [-0.1, -0.05) is 108 Å². The first-order chi connectivity index (χ1) is 29.1. The van der Waals surface area contributed by atoms with Crippen molar-refractivity contribution in [3.05, 3.63) is 188 Å². The first-order valence-electron chi connectivity index (χ1n) is 19.2. The van der Waals surface area contributed by atoms with E-state index in [1.54, 1.807) is 65.3 Å². The van der Waals surface area contributed by atoms with Crippen LogP contribution < -0.4 is 19.3 Å². The Morgan fingerprint density at radius 1 is 0.567 bits per heavy atom. The normalized spacial score (nSPS) is 12.7. The van der Waals surface area contributed by atoms with Crippen LogP contribution in [0.4, 0.5) is 11.4 Å². The highest BCUT2D eigenvalue weighted by atomic mass is 35.5. The Kier molecular flexibility index (Phi) is 13.1. The molecule has 304 valence electrons. The van der Waals surface area contributed by atoms with Crippen molar-refractivity contribution in [2.45, 2.75) is 46.1 Å². The minimum Gasteiger partial charge on any atom is -0.488 e. The fourth-order valence-corrected chi connectivity index (χ4v) is 7.41. The molecule has 10 nitrogen and oxygen atoms in total. The fraction of sp³-hybridized carbons (Fsp3) is 0.167. The predicted octanol–water partition coefficient (Wildman–Crippen LogP) is 9.89. The molecule has 0 bridgehead atoms. The van der Waals surface area contributed by atoms with Gasteiger partial charge in [0.15, 0.2) is 0 Å². The van der Waals surface area contributed by atoms with Gasteiger partial charge in [-0.2, -0.15) is 0 Å². The van der Waals surface area contributed by atoms with Crippen LogP contribution in [0.25, 0.3) is 0 Å². The van der Waals surface area contributed by atoms with Crippen molar-refractivity contribution in [2.24, 2.45) is 0 Å². The molecule has 0 aromatic heterocycles. The van der Waals surface area contributed by atoms with E-state index >= 15 is 0 Å². The van der Waals surface area contributed by atoms with Gasteiger partial charge in [-0.05, 0) is 77.7 Å². The monoisotopic (exact) mass is 842 g/mol. The summed E-state index contributed by atoms with van der Waals surface area (Å²) in [5.41, 5.74) is 7.42. The number of carbonyl (C=O) groups is 4. The summed E-state index contributed by atoms with van der Waals surface area (Å²) >= 11 is 12.8. The number of hydrogen-bond acceptors (Lipinski definition) is 7. The van der Waals surface area contributed by atoms with Crippen molar-refractivity contribution < 1.29 is 38.5 Å². The molecule has 0 fully saturated rings. The number of carboxylic acids is 1. The molecule has 8 rings (SSSR count). The van der Waals surface area contributed by atoms with Crippen LogP contribution in [0.3, 0.4) is 0 Å². The number of hydrogen-bond donors (Lipinski definition) is 1. The molecule has 0 aliphatic carbocycles. The number of rotatable bonds is 13. The minimum atomic E-state index is -0.894. The van der Waals surface area contributed by atoms with E-state index in [4.69, 9.17) is 42.5 Å². The third kappa shape index (κ3) is 9.63. The van der Waals surface area contributed by atoms with Gasteiger partial charge in [0.2, 0.25) is 0 Å². The summed E-state index contributed by atoms with van der Waals surface area (Å²) in [5.74, 6) is -0.477. The molecule has 0 spiro atoms. The maximum atomic E-state index is 13.2. The van der Waals surface area contributed by atoms with E-state index in [9.17, 15) is 19.2 Å². The lowest BCUT2D eigenvalue weighted by Crippen LogP contribution is -2.23. The lowest BCUT2D eigenvalue weighted by atomic mass is 10.1. The third-order valence-electron chi connectivity index (χ3n) is 9.96. The summed E-state index contributed by atoms with van der Waals surface area (Å²) in [6.45, 7) is 3.56. The number of aliphatic carboxylic acids is 1. The fourth-order valence-electron chi connectivity index (χ4n) is 6.98. The van der Waals surface area contributed by atoms with Crippen LogP contribution >= 0.6 is 23.2 Å². The SMILES string of the molecule is CCOC(=O)Cc1ccc(N2Cc3c(Cl)ccc(OCc4ccccc4)c3C2=O)cc1.O=C(O)Cc1ccc(N2Cc3c(Cl)ccc(OCc4ccccc4)c3C2=O)cc1. The second kappa shape index (κ2) is 19.0. The highest BCUT2D eigenvalue weighted by molar-refractivity contribution is 6.33. The number of halogens is 2. The summed E-state index contributed by atoms with van der Waals surface area (Å²) in [7, 11) is 0. The van der Waals surface area contributed by atoms with Crippen molar-refractivity contribution in [2.75, 3.05) is 16.4 Å². The van der Waals surface area contributed by atoms with Crippen LogP contribution in [-0.2, 0) is 53.5 Å². The molecule has 1 N–H and O–H groups in total. The molecule has 2 aliphatic rings. The van der Waals surface area contributed by atoms with Gasteiger partial charge in [0, 0.05) is 32.5 Å². The largest absolute Gasteiger partial charge is 0.488 e. The molecule has 2 heterocycles. The molecule has 0 radical (unpaired) electrons. The first-order valence-corrected chi connectivity index (χ1v) is 20.0. The summed E-state index contributed by atoms with van der Waals surface area (Å²) in [6.07, 6.45) is 0.142. The van der Waals surface area contributed by atoms with Gasteiger partial charge >= 0.3 is 11.9 Å². The highest BCUT2D eigenvalue weighted by Gasteiger charge is 2.35. The van der Waals surface area contributed by atoms with Crippen LogP contribution in [-0.4, -0.2) is 35.5 Å². The van der Waals surface area contributed by atoms with Gasteiger partial charge in [0.1, 0.15) is 24.7 Å².